The Kier molecular flexibility index (Phi) is 7.09. The highest BCUT2D eigenvalue weighted by molar-refractivity contribution is 7.91. The number of rotatable bonds is 8. The van der Waals surface area contributed by atoms with Crippen molar-refractivity contribution in [1.82, 2.24) is 9.62 Å². The van der Waals surface area contributed by atoms with Gasteiger partial charge >= 0.3 is 0 Å². The number of carbonyl (C=O) groups excluding carboxylic acids is 1. The van der Waals surface area contributed by atoms with E-state index in [1.807, 2.05) is 24.3 Å². The fraction of sp³-hybridized carbons (Fsp3) is 0.450. The Labute approximate surface area is 170 Å². The molecular formula is C20H26N2O4S2. The molecule has 1 aromatic carbocycles. The van der Waals surface area contributed by atoms with Crippen molar-refractivity contribution in [2.45, 2.75) is 30.4 Å². The Bertz CT molecular complexity index is 864. The van der Waals surface area contributed by atoms with E-state index in [0.29, 0.717) is 36.7 Å². The lowest BCUT2D eigenvalue weighted by Crippen LogP contribution is -2.45. The summed E-state index contributed by atoms with van der Waals surface area (Å²) in [4.78, 5) is 12.5. The van der Waals surface area contributed by atoms with Crippen LogP contribution in [0, 0.1) is 5.92 Å². The van der Waals surface area contributed by atoms with Crippen molar-refractivity contribution in [2.75, 3.05) is 26.2 Å². The molecule has 6 nitrogen and oxygen atoms in total. The van der Waals surface area contributed by atoms with Crippen molar-refractivity contribution in [3.63, 3.8) is 0 Å². The lowest BCUT2D eigenvalue weighted by molar-refractivity contribution is -0.126. The second kappa shape index (κ2) is 9.54. The molecule has 0 spiro atoms. The highest BCUT2D eigenvalue weighted by Gasteiger charge is 2.33. The highest BCUT2D eigenvalue weighted by Crippen LogP contribution is 2.26. The molecule has 2 aromatic rings. The summed E-state index contributed by atoms with van der Waals surface area (Å²) in [5.74, 6) is 0.334. The second-order valence-corrected chi connectivity index (χ2v) is 9.88. The Morgan fingerprint density at radius 2 is 2.07 bits per heavy atom. The molecule has 1 N–H and O–H groups in total. The molecule has 0 unspecified atom stereocenters. The van der Waals surface area contributed by atoms with E-state index in [2.05, 4.69) is 12.2 Å². The summed E-state index contributed by atoms with van der Waals surface area (Å²) < 4.78 is 32.7. The van der Waals surface area contributed by atoms with Crippen molar-refractivity contribution in [2.24, 2.45) is 5.92 Å². The van der Waals surface area contributed by atoms with Crippen LogP contribution in [0.3, 0.4) is 0 Å². The number of sulfonamides is 1. The van der Waals surface area contributed by atoms with E-state index in [9.17, 15) is 13.2 Å². The zero-order valence-electron chi connectivity index (χ0n) is 16.0. The third-order valence-electron chi connectivity index (χ3n) is 4.85. The summed E-state index contributed by atoms with van der Waals surface area (Å²) in [5.41, 5.74) is 1.25. The molecule has 0 bridgehead atoms. The zero-order chi connectivity index (χ0) is 20.0. The van der Waals surface area contributed by atoms with Gasteiger partial charge in [0.05, 0.1) is 12.5 Å². The van der Waals surface area contributed by atoms with E-state index in [0.717, 1.165) is 12.2 Å². The normalized spacial score (nSPS) is 18.0. The predicted molar refractivity (Wildman–Crippen MR) is 110 cm³/mol. The van der Waals surface area contributed by atoms with E-state index < -0.39 is 10.0 Å². The molecule has 1 atom stereocenters. The largest absolute Gasteiger partial charge is 0.492 e. The van der Waals surface area contributed by atoms with Crippen LogP contribution in [-0.4, -0.2) is 44.9 Å². The van der Waals surface area contributed by atoms with Crippen molar-refractivity contribution in [1.29, 1.82) is 0 Å². The molecule has 0 saturated carbocycles. The molecule has 1 fully saturated rings. The summed E-state index contributed by atoms with van der Waals surface area (Å²) in [5, 5.41) is 4.62. The molecule has 1 aliphatic rings. The average Bonchev–Trinajstić information content (AvgIpc) is 3.27. The molecule has 1 aliphatic heterocycles. The molecule has 1 saturated heterocycles. The van der Waals surface area contributed by atoms with E-state index in [4.69, 9.17) is 4.74 Å². The smallest absolute Gasteiger partial charge is 0.252 e. The second-order valence-electron chi connectivity index (χ2n) is 6.77. The maximum atomic E-state index is 12.7. The topological polar surface area (TPSA) is 75.7 Å². The first-order valence-electron chi connectivity index (χ1n) is 9.54. The molecule has 1 aromatic heterocycles. The van der Waals surface area contributed by atoms with Crippen molar-refractivity contribution >= 4 is 27.3 Å². The van der Waals surface area contributed by atoms with Crippen molar-refractivity contribution in [3.8, 4) is 5.75 Å². The first-order chi connectivity index (χ1) is 13.5. The maximum Gasteiger partial charge on any atom is 0.252 e. The first-order valence-corrected chi connectivity index (χ1v) is 11.9. The lowest BCUT2D eigenvalue weighted by Gasteiger charge is -2.30. The van der Waals surface area contributed by atoms with Crippen LogP contribution in [0.25, 0.3) is 0 Å². The summed E-state index contributed by atoms with van der Waals surface area (Å²) in [7, 11) is -3.50. The molecule has 1 amide bonds. The van der Waals surface area contributed by atoms with E-state index >= 15 is 0 Å². The third kappa shape index (κ3) is 5.12. The molecule has 28 heavy (non-hydrogen) atoms. The number of benzene rings is 1. The molecule has 0 radical (unpaired) electrons. The van der Waals surface area contributed by atoms with Crippen LogP contribution in [-0.2, 0) is 21.2 Å². The van der Waals surface area contributed by atoms with Gasteiger partial charge < -0.3 is 10.1 Å². The van der Waals surface area contributed by atoms with Gasteiger partial charge in [0.2, 0.25) is 5.91 Å². The van der Waals surface area contributed by atoms with Gasteiger partial charge in [-0.05, 0) is 48.4 Å². The Morgan fingerprint density at radius 1 is 1.29 bits per heavy atom. The summed E-state index contributed by atoms with van der Waals surface area (Å²) in [6.07, 6.45) is 2.36. The summed E-state index contributed by atoms with van der Waals surface area (Å²) >= 11 is 1.20. The average molecular weight is 423 g/mol. The number of nitrogens with one attached hydrogen (secondary N) is 1. The number of amides is 1. The number of thiophene rings is 1. The number of nitrogens with zero attached hydrogens (tertiary/aromatic N) is 1. The summed E-state index contributed by atoms with van der Waals surface area (Å²) in [6.45, 7) is 3.55. The van der Waals surface area contributed by atoms with Crippen LogP contribution in [0.5, 0.6) is 5.75 Å². The van der Waals surface area contributed by atoms with E-state index in [1.54, 1.807) is 17.5 Å². The molecule has 3 rings (SSSR count). The SMILES string of the molecule is CCc1ccc(OCCNC(=O)[C@@H]2CCCN(S(=O)(=O)c3cccs3)C2)cc1. The zero-order valence-corrected chi connectivity index (χ0v) is 17.6. The van der Waals surface area contributed by atoms with Gasteiger partial charge in [0.15, 0.2) is 0 Å². The molecule has 8 heteroatoms. The van der Waals surface area contributed by atoms with Crippen LogP contribution in [0.4, 0.5) is 0 Å². The summed E-state index contributed by atoms with van der Waals surface area (Å²) in [6, 6.07) is 11.2. The number of hydrogen-bond donors (Lipinski definition) is 1. The van der Waals surface area contributed by atoms with Crippen LogP contribution in [0.2, 0.25) is 0 Å². The minimum atomic E-state index is -3.50. The standard InChI is InChI=1S/C20H26N2O4S2/c1-2-16-7-9-18(10-8-16)26-13-11-21-20(23)17-5-3-12-22(15-17)28(24,25)19-6-4-14-27-19/h4,6-10,14,17H,2-3,5,11-13,15H2,1H3,(H,21,23)/t17-/m1/s1. The van der Waals surface area contributed by atoms with Gasteiger partial charge in [-0.1, -0.05) is 25.1 Å². The monoisotopic (exact) mass is 422 g/mol. The van der Waals surface area contributed by atoms with Gasteiger partial charge in [-0.15, -0.1) is 11.3 Å². The van der Waals surface area contributed by atoms with Gasteiger partial charge in [-0.3, -0.25) is 4.79 Å². The van der Waals surface area contributed by atoms with Crippen LogP contribution < -0.4 is 10.1 Å². The Balaban J connectivity index is 1.46. The third-order valence-corrected chi connectivity index (χ3v) is 8.08. The van der Waals surface area contributed by atoms with Crippen LogP contribution in [0.1, 0.15) is 25.3 Å². The van der Waals surface area contributed by atoms with Gasteiger partial charge in [0.1, 0.15) is 16.6 Å². The lowest BCUT2D eigenvalue weighted by atomic mass is 9.99. The van der Waals surface area contributed by atoms with Crippen LogP contribution >= 0.6 is 11.3 Å². The van der Waals surface area contributed by atoms with Gasteiger partial charge in [0, 0.05) is 13.1 Å². The van der Waals surface area contributed by atoms with Crippen molar-refractivity contribution in [3.05, 3.63) is 47.3 Å². The fourth-order valence-electron chi connectivity index (χ4n) is 3.22. The number of ether oxygens (including phenoxy) is 1. The van der Waals surface area contributed by atoms with Gasteiger partial charge in [-0.2, -0.15) is 4.31 Å². The quantitative estimate of drug-likeness (QED) is 0.664. The molecule has 152 valence electrons. The number of carbonyl (C=O) groups is 1. The minimum absolute atomic E-state index is 0.115. The fourth-order valence-corrected chi connectivity index (χ4v) is 5.89. The minimum Gasteiger partial charge on any atom is -0.492 e. The number of piperidine rings is 1. The Morgan fingerprint density at radius 3 is 2.75 bits per heavy atom. The maximum absolute atomic E-state index is 12.7. The van der Waals surface area contributed by atoms with E-state index in [1.165, 1.54) is 21.2 Å². The molecular weight excluding hydrogens is 396 g/mol. The highest BCUT2D eigenvalue weighted by atomic mass is 32.2. The number of hydrogen-bond acceptors (Lipinski definition) is 5. The van der Waals surface area contributed by atoms with Gasteiger partial charge in [-0.25, -0.2) is 8.42 Å². The van der Waals surface area contributed by atoms with Gasteiger partial charge in [0.25, 0.3) is 10.0 Å². The molecule has 0 aliphatic carbocycles. The van der Waals surface area contributed by atoms with E-state index in [-0.39, 0.29) is 18.4 Å². The molecule has 2 heterocycles. The van der Waals surface area contributed by atoms with Crippen LogP contribution in [0.15, 0.2) is 46.0 Å². The first kappa shape index (κ1) is 20.8. The number of aryl methyl sites for hydroxylation is 1. The Hall–Kier alpha value is -1.90. The predicted octanol–water partition coefficient (Wildman–Crippen LogP) is 2.91. The van der Waals surface area contributed by atoms with Crippen molar-refractivity contribution < 1.29 is 17.9 Å².